The Morgan fingerprint density at radius 2 is 2.47 bits per heavy atom. The number of carbonyl (C=O) groups is 1. The first kappa shape index (κ1) is 13.5. The average Bonchev–Trinajstić information content (AvgIpc) is 2.92. The molecule has 0 bridgehead atoms. The zero-order valence-corrected chi connectivity index (χ0v) is 11.5. The lowest BCUT2D eigenvalue weighted by atomic mass is 10.2. The van der Waals surface area contributed by atoms with Crippen LogP contribution in [0.2, 0.25) is 0 Å². The van der Waals surface area contributed by atoms with E-state index in [0.717, 1.165) is 5.69 Å². The van der Waals surface area contributed by atoms with Crippen LogP contribution in [-0.2, 0) is 10.5 Å². The van der Waals surface area contributed by atoms with Gasteiger partial charge in [-0.05, 0) is 6.07 Å². The number of rotatable bonds is 5. The van der Waals surface area contributed by atoms with E-state index in [2.05, 4.69) is 15.3 Å². The van der Waals surface area contributed by atoms with Gasteiger partial charge in [0.25, 0.3) is 0 Å². The number of amides is 1. The van der Waals surface area contributed by atoms with Crippen LogP contribution in [0.15, 0.2) is 29.4 Å². The van der Waals surface area contributed by atoms with Crippen molar-refractivity contribution in [1.29, 1.82) is 5.26 Å². The van der Waals surface area contributed by atoms with E-state index in [4.69, 9.17) is 5.26 Å². The number of thiazole rings is 1. The van der Waals surface area contributed by atoms with Crippen LogP contribution in [0.3, 0.4) is 0 Å². The van der Waals surface area contributed by atoms with Crippen molar-refractivity contribution in [3.05, 3.63) is 40.6 Å². The molecule has 0 fully saturated rings. The summed E-state index contributed by atoms with van der Waals surface area (Å²) in [6.45, 7) is 0. The van der Waals surface area contributed by atoms with Crippen molar-refractivity contribution in [3.63, 3.8) is 0 Å². The topological polar surface area (TPSA) is 78.7 Å². The van der Waals surface area contributed by atoms with Gasteiger partial charge >= 0.3 is 0 Å². The summed E-state index contributed by atoms with van der Waals surface area (Å²) in [7, 11) is 0. The third kappa shape index (κ3) is 4.05. The molecule has 19 heavy (non-hydrogen) atoms. The fourth-order valence-corrected chi connectivity index (χ4v) is 2.73. The molecule has 2 aromatic heterocycles. The number of nitriles is 1. The number of anilines is 1. The molecule has 7 heteroatoms. The van der Waals surface area contributed by atoms with E-state index in [9.17, 15) is 4.79 Å². The number of carbonyl (C=O) groups excluding carboxylic acids is 1. The average molecular weight is 290 g/mol. The third-order valence-corrected chi connectivity index (χ3v) is 3.78. The molecular formula is C12H10N4OS2. The van der Waals surface area contributed by atoms with Crippen molar-refractivity contribution >= 4 is 34.7 Å². The normalized spacial score (nSPS) is 9.84. The summed E-state index contributed by atoms with van der Waals surface area (Å²) in [6, 6.07) is 3.60. The summed E-state index contributed by atoms with van der Waals surface area (Å²) in [5, 5.41) is 13.5. The van der Waals surface area contributed by atoms with Crippen molar-refractivity contribution in [2.24, 2.45) is 0 Å². The smallest absolute Gasteiger partial charge is 0.234 e. The molecular weight excluding hydrogens is 280 g/mol. The number of nitrogens with one attached hydrogen (secondary N) is 1. The van der Waals surface area contributed by atoms with E-state index in [0.29, 0.717) is 22.8 Å². The molecule has 96 valence electrons. The molecule has 0 saturated heterocycles. The molecule has 0 saturated carbocycles. The monoisotopic (exact) mass is 290 g/mol. The third-order valence-electron chi connectivity index (χ3n) is 2.18. The van der Waals surface area contributed by atoms with Gasteiger partial charge in [0.15, 0.2) is 0 Å². The van der Waals surface area contributed by atoms with Gasteiger partial charge in [0.05, 0.1) is 28.2 Å². The highest BCUT2D eigenvalue weighted by atomic mass is 32.2. The van der Waals surface area contributed by atoms with Gasteiger partial charge in [0, 0.05) is 23.5 Å². The number of pyridine rings is 1. The SMILES string of the molecule is N#Cc1cnccc1NC(=O)CSCc1cscn1. The Morgan fingerprint density at radius 1 is 1.58 bits per heavy atom. The standard InChI is InChI=1S/C12H10N4OS2/c13-3-9-4-14-2-1-11(9)16-12(17)7-18-5-10-6-19-8-15-10/h1-2,4,6,8H,5,7H2,(H,14,16,17). The van der Waals surface area contributed by atoms with E-state index in [1.807, 2.05) is 11.4 Å². The van der Waals surface area contributed by atoms with Gasteiger partial charge in [0.2, 0.25) is 5.91 Å². The molecule has 0 aliphatic carbocycles. The molecule has 1 amide bonds. The molecule has 2 heterocycles. The number of hydrogen-bond donors (Lipinski definition) is 1. The predicted molar refractivity (Wildman–Crippen MR) is 75.9 cm³/mol. The van der Waals surface area contributed by atoms with Crippen molar-refractivity contribution in [1.82, 2.24) is 9.97 Å². The second-order valence-corrected chi connectivity index (χ2v) is 5.26. The molecule has 0 atom stereocenters. The van der Waals surface area contributed by atoms with Crippen LogP contribution < -0.4 is 5.32 Å². The van der Waals surface area contributed by atoms with Crippen LogP contribution in [0.5, 0.6) is 0 Å². The zero-order valence-electron chi connectivity index (χ0n) is 9.87. The second-order valence-electron chi connectivity index (χ2n) is 3.55. The maximum atomic E-state index is 11.7. The first-order valence-electron chi connectivity index (χ1n) is 5.38. The van der Waals surface area contributed by atoms with Gasteiger partial charge in [-0.2, -0.15) is 5.26 Å². The second kappa shape index (κ2) is 6.87. The largest absolute Gasteiger partial charge is 0.324 e. The molecule has 0 aliphatic heterocycles. The summed E-state index contributed by atoms with van der Waals surface area (Å²) >= 11 is 3.02. The minimum atomic E-state index is -0.136. The molecule has 0 aliphatic rings. The number of hydrogen-bond acceptors (Lipinski definition) is 6. The maximum absolute atomic E-state index is 11.7. The highest BCUT2D eigenvalue weighted by molar-refractivity contribution is 7.99. The Labute approximate surface area is 118 Å². The van der Waals surface area contributed by atoms with Crippen LogP contribution in [0, 0.1) is 11.3 Å². The summed E-state index contributed by atoms with van der Waals surface area (Å²) in [5.74, 6) is 0.895. The van der Waals surface area contributed by atoms with Crippen LogP contribution in [0.1, 0.15) is 11.3 Å². The van der Waals surface area contributed by atoms with E-state index in [-0.39, 0.29) is 5.91 Å². The van der Waals surface area contributed by atoms with Crippen molar-refractivity contribution in [3.8, 4) is 6.07 Å². The lowest BCUT2D eigenvalue weighted by Gasteiger charge is -2.05. The predicted octanol–water partition coefficient (Wildman–Crippen LogP) is 2.28. The lowest BCUT2D eigenvalue weighted by molar-refractivity contribution is -0.113. The maximum Gasteiger partial charge on any atom is 0.234 e. The lowest BCUT2D eigenvalue weighted by Crippen LogP contribution is -2.15. The molecule has 0 spiro atoms. The summed E-state index contributed by atoms with van der Waals surface area (Å²) < 4.78 is 0. The Kier molecular flexibility index (Phi) is 4.89. The molecule has 1 N–H and O–H groups in total. The summed E-state index contributed by atoms with van der Waals surface area (Å²) in [5.41, 5.74) is 3.60. The van der Waals surface area contributed by atoms with E-state index in [1.165, 1.54) is 29.3 Å². The molecule has 0 unspecified atom stereocenters. The number of nitrogens with zero attached hydrogens (tertiary/aromatic N) is 3. The summed E-state index contributed by atoms with van der Waals surface area (Å²) in [6.07, 6.45) is 2.97. The first-order chi connectivity index (χ1) is 9.29. The van der Waals surface area contributed by atoms with Gasteiger partial charge in [-0.1, -0.05) is 0 Å². The minimum Gasteiger partial charge on any atom is -0.324 e. The van der Waals surface area contributed by atoms with Gasteiger partial charge in [-0.25, -0.2) is 4.98 Å². The van der Waals surface area contributed by atoms with Gasteiger partial charge in [-0.15, -0.1) is 23.1 Å². The molecule has 0 aromatic carbocycles. The van der Waals surface area contributed by atoms with Crippen molar-refractivity contribution in [2.45, 2.75) is 5.75 Å². The van der Waals surface area contributed by atoms with E-state index < -0.39 is 0 Å². The zero-order chi connectivity index (χ0) is 13.5. The fourth-order valence-electron chi connectivity index (χ4n) is 1.34. The van der Waals surface area contributed by atoms with E-state index in [1.54, 1.807) is 17.8 Å². The first-order valence-corrected chi connectivity index (χ1v) is 7.48. The molecule has 0 radical (unpaired) electrons. The fraction of sp³-hybridized carbons (Fsp3) is 0.167. The van der Waals surface area contributed by atoms with Crippen molar-refractivity contribution < 1.29 is 4.79 Å². The highest BCUT2D eigenvalue weighted by Crippen LogP contribution is 2.15. The van der Waals surface area contributed by atoms with Gasteiger partial charge in [0.1, 0.15) is 6.07 Å². The Morgan fingerprint density at radius 3 is 3.21 bits per heavy atom. The number of aromatic nitrogens is 2. The van der Waals surface area contributed by atoms with Crippen LogP contribution in [-0.4, -0.2) is 21.6 Å². The molecule has 2 rings (SSSR count). The molecule has 2 aromatic rings. The van der Waals surface area contributed by atoms with Crippen molar-refractivity contribution in [2.75, 3.05) is 11.1 Å². The molecule has 5 nitrogen and oxygen atoms in total. The van der Waals surface area contributed by atoms with Gasteiger partial charge in [-0.3, -0.25) is 9.78 Å². The van der Waals surface area contributed by atoms with Crippen LogP contribution in [0.25, 0.3) is 0 Å². The number of thioether (sulfide) groups is 1. The Hall–Kier alpha value is -1.91. The Bertz CT molecular complexity index is 592. The quantitative estimate of drug-likeness (QED) is 0.914. The Balaban J connectivity index is 1.83. The summed E-state index contributed by atoms with van der Waals surface area (Å²) in [4.78, 5) is 19.7. The van der Waals surface area contributed by atoms with Crippen LogP contribution >= 0.6 is 23.1 Å². The minimum absolute atomic E-state index is 0.136. The van der Waals surface area contributed by atoms with Gasteiger partial charge < -0.3 is 5.32 Å². The highest BCUT2D eigenvalue weighted by Gasteiger charge is 2.07. The van der Waals surface area contributed by atoms with E-state index >= 15 is 0 Å². The van der Waals surface area contributed by atoms with Crippen LogP contribution in [0.4, 0.5) is 5.69 Å².